The quantitative estimate of drug-likeness (QED) is 0.442. The summed E-state index contributed by atoms with van der Waals surface area (Å²) in [5, 5.41) is 11.5. The van der Waals surface area contributed by atoms with Crippen LogP contribution in [0.25, 0.3) is 0 Å². The highest BCUT2D eigenvalue weighted by Crippen LogP contribution is 2.19. The molecule has 1 aromatic rings. The average molecular weight is 420 g/mol. The highest BCUT2D eigenvalue weighted by atomic mass is 127. The van der Waals surface area contributed by atoms with Crippen molar-refractivity contribution < 1.29 is 18.3 Å². The van der Waals surface area contributed by atoms with E-state index in [1.807, 2.05) is 29.9 Å². The van der Waals surface area contributed by atoms with Crippen molar-refractivity contribution in [2.45, 2.75) is 18.8 Å². The number of aliphatic hydroxyl groups excluding tert-OH is 1. The van der Waals surface area contributed by atoms with Gasteiger partial charge in [0.1, 0.15) is 0 Å². The van der Waals surface area contributed by atoms with Gasteiger partial charge < -0.3 is 19.9 Å². The number of nitrogens with one attached hydrogen (secondary N) is 1. The van der Waals surface area contributed by atoms with Gasteiger partial charge in [0.05, 0.1) is 13.1 Å². The maximum atomic E-state index is 12.2. The maximum absolute atomic E-state index is 12.2. The Labute approximate surface area is 138 Å². The molecule has 1 atom stereocenters. The van der Waals surface area contributed by atoms with E-state index in [0.717, 1.165) is 5.69 Å². The van der Waals surface area contributed by atoms with E-state index in [1.165, 1.54) is 7.05 Å². The lowest BCUT2D eigenvalue weighted by molar-refractivity contribution is -0.201. The SMILES string of the molecule is CN=C(NCC(O)C(F)(F)F)N(C)Cc1cccn1C.I. The zero-order valence-electron chi connectivity index (χ0n) is 12.1. The predicted molar refractivity (Wildman–Crippen MR) is 85.7 cm³/mol. The van der Waals surface area contributed by atoms with E-state index in [2.05, 4.69) is 10.3 Å². The molecule has 0 aliphatic carbocycles. The monoisotopic (exact) mass is 420 g/mol. The third-order valence-corrected chi connectivity index (χ3v) is 2.86. The van der Waals surface area contributed by atoms with Crippen LogP contribution in [-0.4, -0.2) is 53.5 Å². The van der Waals surface area contributed by atoms with Gasteiger partial charge in [-0.15, -0.1) is 24.0 Å². The van der Waals surface area contributed by atoms with Gasteiger partial charge in [-0.25, -0.2) is 0 Å². The molecule has 0 bridgehead atoms. The number of nitrogens with zero attached hydrogens (tertiary/aromatic N) is 3. The van der Waals surface area contributed by atoms with Gasteiger partial charge >= 0.3 is 6.18 Å². The number of rotatable bonds is 4. The minimum atomic E-state index is -4.64. The second-order valence-corrected chi connectivity index (χ2v) is 4.45. The van der Waals surface area contributed by atoms with Crippen LogP contribution in [0.2, 0.25) is 0 Å². The lowest BCUT2D eigenvalue weighted by Gasteiger charge is -2.24. The van der Waals surface area contributed by atoms with E-state index in [1.54, 1.807) is 11.9 Å². The Hall–Kier alpha value is -0.970. The minimum Gasteiger partial charge on any atom is -0.382 e. The molecule has 2 N–H and O–H groups in total. The second-order valence-electron chi connectivity index (χ2n) is 4.45. The van der Waals surface area contributed by atoms with Gasteiger partial charge in [-0.05, 0) is 12.1 Å². The van der Waals surface area contributed by atoms with Crippen LogP contribution in [-0.2, 0) is 13.6 Å². The third kappa shape index (κ3) is 6.12. The summed E-state index contributed by atoms with van der Waals surface area (Å²) < 4.78 is 38.6. The molecule has 122 valence electrons. The van der Waals surface area contributed by atoms with E-state index in [9.17, 15) is 13.2 Å². The van der Waals surface area contributed by atoms with Crippen molar-refractivity contribution in [3.05, 3.63) is 24.0 Å². The van der Waals surface area contributed by atoms with Crippen LogP contribution < -0.4 is 5.32 Å². The van der Waals surface area contributed by atoms with E-state index >= 15 is 0 Å². The fraction of sp³-hybridized carbons (Fsp3) is 0.583. The molecule has 0 amide bonds. The Morgan fingerprint density at radius 1 is 1.52 bits per heavy atom. The fourth-order valence-corrected chi connectivity index (χ4v) is 1.67. The molecule has 0 fully saturated rings. The van der Waals surface area contributed by atoms with Gasteiger partial charge in [0.25, 0.3) is 0 Å². The van der Waals surface area contributed by atoms with Crippen LogP contribution in [0.5, 0.6) is 0 Å². The van der Waals surface area contributed by atoms with Gasteiger partial charge in [-0.1, -0.05) is 0 Å². The molecule has 1 rings (SSSR count). The van der Waals surface area contributed by atoms with Crippen LogP contribution >= 0.6 is 24.0 Å². The lowest BCUT2D eigenvalue weighted by atomic mass is 10.3. The number of halogens is 4. The van der Waals surface area contributed by atoms with E-state index in [4.69, 9.17) is 5.11 Å². The Morgan fingerprint density at radius 3 is 2.57 bits per heavy atom. The van der Waals surface area contributed by atoms with Crippen LogP contribution in [0.4, 0.5) is 13.2 Å². The topological polar surface area (TPSA) is 52.8 Å². The molecule has 0 radical (unpaired) electrons. The van der Waals surface area contributed by atoms with E-state index in [-0.39, 0.29) is 29.9 Å². The van der Waals surface area contributed by atoms with Crippen molar-refractivity contribution in [2.75, 3.05) is 20.6 Å². The first-order valence-electron chi connectivity index (χ1n) is 6.02. The highest BCUT2D eigenvalue weighted by molar-refractivity contribution is 14.0. The van der Waals surface area contributed by atoms with Crippen LogP contribution in [0.3, 0.4) is 0 Å². The third-order valence-electron chi connectivity index (χ3n) is 2.86. The summed E-state index contributed by atoms with van der Waals surface area (Å²) >= 11 is 0. The maximum Gasteiger partial charge on any atom is 0.416 e. The summed E-state index contributed by atoms with van der Waals surface area (Å²) in [5.41, 5.74) is 0.992. The standard InChI is InChI=1S/C12H19F3N4O.HI/c1-16-11(17-7-10(20)12(13,14)15)19(3)8-9-5-4-6-18(9)2;/h4-6,10,20H,7-8H2,1-3H3,(H,16,17);1H. The summed E-state index contributed by atoms with van der Waals surface area (Å²) in [4.78, 5) is 5.57. The van der Waals surface area contributed by atoms with Crippen molar-refractivity contribution >= 4 is 29.9 Å². The van der Waals surface area contributed by atoms with Crippen molar-refractivity contribution in [3.63, 3.8) is 0 Å². The van der Waals surface area contributed by atoms with Crippen LogP contribution in [0, 0.1) is 0 Å². The molecule has 1 aromatic heterocycles. The molecule has 9 heteroatoms. The zero-order chi connectivity index (χ0) is 15.3. The van der Waals surface area contributed by atoms with Crippen molar-refractivity contribution in [1.29, 1.82) is 0 Å². The zero-order valence-corrected chi connectivity index (χ0v) is 14.4. The van der Waals surface area contributed by atoms with Gasteiger partial charge in [0.15, 0.2) is 12.1 Å². The molecule has 1 heterocycles. The molecular formula is C12H20F3IN4O. The molecule has 0 saturated heterocycles. The number of guanidine groups is 1. The number of aryl methyl sites for hydroxylation is 1. The molecule has 21 heavy (non-hydrogen) atoms. The van der Waals surface area contributed by atoms with Gasteiger partial charge in [0.2, 0.25) is 0 Å². The van der Waals surface area contributed by atoms with Gasteiger partial charge in [-0.2, -0.15) is 13.2 Å². The number of aromatic nitrogens is 1. The van der Waals surface area contributed by atoms with E-state index in [0.29, 0.717) is 6.54 Å². The Morgan fingerprint density at radius 2 is 2.14 bits per heavy atom. The van der Waals surface area contributed by atoms with Gasteiger partial charge in [-0.3, -0.25) is 4.99 Å². The van der Waals surface area contributed by atoms with Crippen molar-refractivity contribution in [2.24, 2.45) is 12.0 Å². The number of hydrogen-bond acceptors (Lipinski definition) is 2. The van der Waals surface area contributed by atoms with Crippen molar-refractivity contribution in [3.8, 4) is 0 Å². The van der Waals surface area contributed by atoms with Gasteiger partial charge in [0, 0.05) is 33.0 Å². The summed E-state index contributed by atoms with van der Waals surface area (Å²) in [6.07, 6.45) is -5.17. The molecule has 0 aliphatic rings. The summed E-state index contributed by atoms with van der Waals surface area (Å²) in [7, 11) is 5.07. The Balaban J connectivity index is 0.00000400. The number of hydrogen-bond donors (Lipinski definition) is 2. The Kier molecular flexibility index (Phi) is 8.08. The number of aliphatic hydroxyl groups is 1. The molecule has 0 aromatic carbocycles. The molecule has 0 aliphatic heterocycles. The largest absolute Gasteiger partial charge is 0.416 e. The number of alkyl halides is 3. The van der Waals surface area contributed by atoms with Crippen LogP contribution in [0.15, 0.2) is 23.3 Å². The predicted octanol–water partition coefficient (Wildman–Crippen LogP) is 1.57. The molecule has 0 saturated carbocycles. The first kappa shape index (κ1) is 20.0. The first-order valence-corrected chi connectivity index (χ1v) is 6.02. The smallest absolute Gasteiger partial charge is 0.382 e. The highest BCUT2D eigenvalue weighted by Gasteiger charge is 2.38. The molecular weight excluding hydrogens is 400 g/mol. The number of aliphatic imine (C=N–C) groups is 1. The summed E-state index contributed by atoms with van der Waals surface area (Å²) in [5.74, 6) is 0.287. The van der Waals surface area contributed by atoms with Crippen molar-refractivity contribution in [1.82, 2.24) is 14.8 Å². The van der Waals surface area contributed by atoms with Crippen LogP contribution in [0.1, 0.15) is 5.69 Å². The molecule has 0 spiro atoms. The summed E-state index contributed by atoms with van der Waals surface area (Å²) in [6, 6.07) is 3.79. The minimum absolute atomic E-state index is 0. The molecule has 1 unspecified atom stereocenters. The average Bonchev–Trinajstić information content (AvgIpc) is 2.74. The van der Waals surface area contributed by atoms with E-state index < -0.39 is 18.8 Å². The second kappa shape index (κ2) is 8.47. The lowest BCUT2D eigenvalue weighted by Crippen LogP contribution is -2.45. The Bertz CT molecular complexity index is 462. The fourth-order valence-electron chi connectivity index (χ4n) is 1.67. The first-order chi connectivity index (χ1) is 9.25. The molecule has 5 nitrogen and oxygen atoms in total. The summed E-state index contributed by atoms with van der Waals surface area (Å²) in [6.45, 7) is -0.140. The normalized spacial score (nSPS) is 13.6.